The van der Waals surface area contributed by atoms with E-state index in [2.05, 4.69) is 15.5 Å². The van der Waals surface area contributed by atoms with E-state index in [1.165, 1.54) is 0 Å². The highest BCUT2D eigenvalue weighted by Crippen LogP contribution is 2.24. The number of benzene rings is 1. The van der Waals surface area contributed by atoms with Gasteiger partial charge in [0.15, 0.2) is 0 Å². The Hall–Kier alpha value is -2.91. The van der Waals surface area contributed by atoms with Crippen LogP contribution in [0, 0.1) is 5.92 Å². The second kappa shape index (κ2) is 9.53. The monoisotopic (exact) mass is 397 g/mol. The molecule has 1 aromatic carbocycles. The highest BCUT2D eigenvalue weighted by Gasteiger charge is 2.33. The topological polar surface area (TPSA) is 113 Å². The number of ether oxygens (including phenoxy) is 1. The quantitative estimate of drug-likeness (QED) is 0.587. The van der Waals surface area contributed by atoms with Gasteiger partial charge in [-0.15, -0.1) is 0 Å². The first kappa shape index (κ1) is 20.8. The highest BCUT2D eigenvalue weighted by atomic mass is 16.6. The third-order valence-corrected chi connectivity index (χ3v) is 4.40. The fourth-order valence-corrected chi connectivity index (χ4v) is 2.99. The highest BCUT2D eigenvalue weighted by molar-refractivity contribution is 6.43. The van der Waals surface area contributed by atoms with Gasteiger partial charge in [0.1, 0.15) is 5.75 Å². The van der Waals surface area contributed by atoms with Crippen molar-refractivity contribution in [2.75, 3.05) is 0 Å². The predicted molar refractivity (Wildman–Crippen MR) is 108 cm³/mol. The van der Waals surface area contributed by atoms with Crippen LogP contribution in [0.15, 0.2) is 53.8 Å². The Morgan fingerprint density at radius 2 is 2.14 bits per heavy atom. The molecule has 0 radical (unpaired) electrons. The van der Waals surface area contributed by atoms with Gasteiger partial charge in [0, 0.05) is 24.2 Å². The summed E-state index contributed by atoms with van der Waals surface area (Å²) in [6.45, 7) is 3.88. The van der Waals surface area contributed by atoms with Gasteiger partial charge in [-0.3, -0.25) is 4.79 Å². The van der Waals surface area contributed by atoms with Crippen molar-refractivity contribution in [1.82, 2.24) is 10.3 Å². The van der Waals surface area contributed by atoms with Crippen LogP contribution in [0.2, 0.25) is 0 Å². The van der Waals surface area contributed by atoms with Crippen LogP contribution in [0.3, 0.4) is 0 Å². The van der Waals surface area contributed by atoms with Crippen molar-refractivity contribution >= 4 is 18.7 Å². The van der Waals surface area contributed by atoms with Gasteiger partial charge in [-0.2, -0.15) is 0 Å². The van der Waals surface area contributed by atoms with Crippen molar-refractivity contribution < 1.29 is 24.4 Å². The molecule has 0 aliphatic carbocycles. The zero-order valence-electron chi connectivity index (χ0n) is 16.4. The van der Waals surface area contributed by atoms with Gasteiger partial charge in [0.05, 0.1) is 11.7 Å². The maximum absolute atomic E-state index is 12.5. The molecule has 2 atom stereocenters. The van der Waals surface area contributed by atoms with Crippen molar-refractivity contribution in [2.45, 2.75) is 38.7 Å². The number of rotatable bonds is 8. The molecule has 0 bridgehead atoms. The van der Waals surface area contributed by atoms with Crippen LogP contribution in [0.4, 0.5) is 0 Å². The van der Waals surface area contributed by atoms with Gasteiger partial charge < -0.3 is 24.9 Å². The summed E-state index contributed by atoms with van der Waals surface area (Å²) in [6.07, 6.45) is 1.54. The molecule has 9 heteroatoms. The lowest BCUT2D eigenvalue weighted by Gasteiger charge is -2.20. The minimum atomic E-state index is -1.64. The van der Waals surface area contributed by atoms with Crippen molar-refractivity contribution in [1.29, 1.82) is 0 Å². The zero-order chi connectivity index (χ0) is 20.8. The first-order valence-electron chi connectivity index (χ1n) is 9.51. The Kier molecular flexibility index (Phi) is 6.84. The van der Waals surface area contributed by atoms with E-state index in [4.69, 9.17) is 9.57 Å². The van der Waals surface area contributed by atoms with Crippen LogP contribution < -0.4 is 10.1 Å². The number of carbonyl (C=O) groups excluding carboxylic acids is 1. The largest absolute Gasteiger partial charge is 0.475 e. The molecule has 0 saturated heterocycles. The van der Waals surface area contributed by atoms with Crippen molar-refractivity contribution in [3.05, 3.63) is 54.2 Å². The summed E-state index contributed by atoms with van der Waals surface area (Å²) >= 11 is 0. The Balaban J connectivity index is 1.61. The van der Waals surface area contributed by atoms with E-state index in [-0.39, 0.29) is 12.3 Å². The Bertz CT molecular complexity index is 860. The molecule has 2 aromatic rings. The number of oxime groups is 1. The number of carbonyl (C=O) groups is 1. The maximum Gasteiger partial charge on any atom is 0.475 e. The molecular weight excluding hydrogens is 373 g/mol. The molecule has 0 fully saturated rings. The molecule has 1 aliphatic rings. The smallest absolute Gasteiger partial charge is 0.439 e. The van der Waals surface area contributed by atoms with E-state index in [0.29, 0.717) is 23.8 Å². The van der Waals surface area contributed by atoms with E-state index in [0.717, 1.165) is 5.56 Å². The second-order valence-electron chi connectivity index (χ2n) is 7.29. The van der Waals surface area contributed by atoms with Gasteiger partial charge in [-0.25, -0.2) is 4.98 Å². The molecule has 1 aliphatic heterocycles. The first-order chi connectivity index (χ1) is 13.9. The number of hydrogen-bond donors (Lipinski definition) is 3. The van der Waals surface area contributed by atoms with Crippen molar-refractivity contribution in [3.8, 4) is 11.6 Å². The summed E-state index contributed by atoms with van der Waals surface area (Å²) in [7, 11) is -1.64. The molecule has 0 saturated carbocycles. The normalized spacial score (nSPS) is 16.7. The lowest BCUT2D eigenvalue weighted by Crippen LogP contribution is -2.50. The van der Waals surface area contributed by atoms with E-state index in [9.17, 15) is 14.8 Å². The van der Waals surface area contributed by atoms with Gasteiger partial charge in [0.2, 0.25) is 12.0 Å². The van der Waals surface area contributed by atoms with Crippen LogP contribution >= 0.6 is 0 Å². The number of nitrogens with one attached hydrogen (secondary N) is 1. The van der Waals surface area contributed by atoms with Crippen LogP contribution in [0.25, 0.3) is 0 Å². The van der Waals surface area contributed by atoms with Crippen LogP contribution in [0.1, 0.15) is 32.3 Å². The molecule has 3 rings (SSSR count). The third kappa shape index (κ3) is 5.79. The average molecular weight is 397 g/mol. The molecule has 0 spiro atoms. The lowest BCUT2D eigenvalue weighted by molar-refractivity contribution is -0.131. The summed E-state index contributed by atoms with van der Waals surface area (Å²) in [5.41, 5.74) is 1.39. The second-order valence-corrected chi connectivity index (χ2v) is 7.29. The number of pyridine rings is 1. The number of nitrogens with zero attached hydrogens (tertiary/aromatic N) is 2. The molecule has 1 unspecified atom stereocenters. The Labute approximate surface area is 169 Å². The Morgan fingerprint density at radius 3 is 2.83 bits per heavy atom. The molecule has 152 valence electrons. The number of aromatic nitrogens is 1. The van der Waals surface area contributed by atoms with Gasteiger partial charge in [0.25, 0.3) is 5.91 Å². The number of amides is 1. The molecule has 29 heavy (non-hydrogen) atoms. The average Bonchev–Trinajstić information content (AvgIpc) is 3.18. The minimum absolute atomic E-state index is 0.195. The van der Waals surface area contributed by atoms with Crippen LogP contribution in [-0.4, -0.2) is 45.8 Å². The fraction of sp³-hybridized carbons (Fsp3) is 0.350. The van der Waals surface area contributed by atoms with E-state index < -0.39 is 25.1 Å². The molecule has 2 heterocycles. The molecule has 3 N–H and O–H groups in total. The predicted octanol–water partition coefficient (Wildman–Crippen LogP) is 1.91. The third-order valence-electron chi connectivity index (χ3n) is 4.40. The summed E-state index contributed by atoms with van der Waals surface area (Å²) in [5.74, 6) is 0.0800. The van der Waals surface area contributed by atoms with Gasteiger partial charge >= 0.3 is 7.12 Å². The Morgan fingerprint density at radius 1 is 1.31 bits per heavy atom. The SMILES string of the molecule is CC(C)C[C@H](NC(=O)C1CC(c2cccc(Oc3ccccn3)c2)=NO1)B(O)O. The zero-order valence-corrected chi connectivity index (χ0v) is 16.4. The van der Waals surface area contributed by atoms with Gasteiger partial charge in [-0.1, -0.05) is 37.2 Å². The standard InChI is InChI=1S/C20H24BN3O5/c1-13(2)10-18(21(26)27)23-20(25)17-12-16(24-29-17)14-6-5-7-15(11-14)28-19-8-3-4-9-22-19/h3-9,11,13,17-18,26-27H,10,12H2,1-2H3,(H,23,25)/t17?,18-/m0/s1. The minimum Gasteiger partial charge on any atom is -0.439 e. The molecule has 8 nitrogen and oxygen atoms in total. The van der Waals surface area contributed by atoms with Crippen LogP contribution in [-0.2, 0) is 9.63 Å². The van der Waals surface area contributed by atoms with Crippen molar-refractivity contribution in [2.24, 2.45) is 11.1 Å². The maximum atomic E-state index is 12.5. The lowest BCUT2D eigenvalue weighted by atomic mass is 9.75. The van der Waals surface area contributed by atoms with Crippen LogP contribution in [0.5, 0.6) is 11.6 Å². The van der Waals surface area contributed by atoms with Crippen molar-refractivity contribution in [3.63, 3.8) is 0 Å². The number of hydrogen-bond acceptors (Lipinski definition) is 7. The molecule has 1 aromatic heterocycles. The summed E-state index contributed by atoms with van der Waals surface area (Å²) in [6, 6.07) is 12.7. The fourth-order valence-electron chi connectivity index (χ4n) is 2.99. The van der Waals surface area contributed by atoms with E-state index >= 15 is 0 Å². The first-order valence-corrected chi connectivity index (χ1v) is 9.51. The van der Waals surface area contributed by atoms with Gasteiger partial charge in [-0.05, 0) is 30.5 Å². The van der Waals surface area contributed by atoms with E-state index in [1.54, 1.807) is 30.5 Å². The summed E-state index contributed by atoms with van der Waals surface area (Å²) in [5, 5.41) is 25.6. The van der Waals surface area contributed by atoms with E-state index in [1.807, 2.05) is 32.0 Å². The molecular formula is C20H24BN3O5. The summed E-state index contributed by atoms with van der Waals surface area (Å²) in [4.78, 5) is 21.9. The molecule has 1 amide bonds. The summed E-state index contributed by atoms with van der Waals surface area (Å²) < 4.78 is 5.73.